The summed E-state index contributed by atoms with van der Waals surface area (Å²) in [4.78, 5) is 0. The largest absolute Gasteiger partial charge is 0.391 e. The first-order chi connectivity index (χ1) is 14.3. The Morgan fingerprint density at radius 2 is 1.80 bits per heavy atom. The van der Waals surface area contributed by atoms with Gasteiger partial charge in [0.15, 0.2) is 6.29 Å². The molecule has 30 heavy (non-hydrogen) atoms. The molecule has 2 unspecified atom stereocenters. The quantitative estimate of drug-likeness (QED) is 0.719. The molecule has 1 aliphatic heterocycles. The third-order valence-corrected chi connectivity index (χ3v) is 10.3. The van der Waals surface area contributed by atoms with E-state index in [9.17, 15) is 10.2 Å². The van der Waals surface area contributed by atoms with Crippen molar-refractivity contribution >= 4 is 0 Å². The van der Waals surface area contributed by atoms with E-state index in [2.05, 4.69) is 13.8 Å². The Kier molecular flexibility index (Phi) is 5.55. The zero-order chi connectivity index (χ0) is 21.1. The minimum Gasteiger partial charge on any atom is -0.391 e. The number of ether oxygens (including phenoxy) is 3. The molecule has 2 N–H and O–H groups in total. The molecule has 4 saturated carbocycles. The van der Waals surface area contributed by atoms with E-state index in [-0.39, 0.29) is 29.1 Å². The number of rotatable bonds is 4. The second kappa shape index (κ2) is 7.69. The van der Waals surface area contributed by atoms with E-state index in [1.54, 1.807) is 6.92 Å². The first kappa shape index (κ1) is 21.6. The lowest BCUT2D eigenvalue weighted by Gasteiger charge is -2.64. The minimum atomic E-state index is -0.473. The highest BCUT2D eigenvalue weighted by atomic mass is 16.7. The van der Waals surface area contributed by atoms with Gasteiger partial charge in [-0.15, -0.1) is 0 Å². The molecule has 0 amide bonds. The Hall–Kier alpha value is -0.200. The van der Waals surface area contributed by atoms with Gasteiger partial charge in [-0.25, -0.2) is 0 Å². The van der Waals surface area contributed by atoms with E-state index in [4.69, 9.17) is 14.2 Å². The van der Waals surface area contributed by atoms with Crippen LogP contribution in [0.1, 0.15) is 78.6 Å². The number of fused-ring (bicyclic) bond motifs is 5. The van der Waals surface area contributed by atoms with E-state index in [1.807, 2.05) is 0 Å². The topological polar surface area (TPSA) is 68.2 Å². The fraction of sp³-hybridized carbons (Fsp3) is 1.00. The molecule has 0 aromatic carbocycles. The van der Waals surface area contributed by atoms with Crippen LogP contribution in [0.2, 0.25) is 0 Å². The molecule has 5 nitrogen and oxygen atoms in total. The van der Waals surface area contributed by atoms with Crippen molar-refractivity contribution in [2.75, 3.05) is 19.8 Å². The van der Waals surface area contributed by atoms with Crippen LogP contribution >= 0.6 is 0 Å². The molecular formula is C25H42O5. The van der Waals surface area contributed by atoms with E-state index in [0.29, 0.717) is 37.6 Å². The van der Waals surface area contributed by atoms with Gasteiger partial charge in [-0.1, -0.05) is 13.8 Å². The van der Waals surface area contributed by atoms with Crippen LogP contribution in [-0.4, -0.2) is 54.1 Å². The Morgan fingerprint density at radius 1 is 1.03 bits per heavy atom. The summed E-state index contributed by atoms with van der Waals surface area (Å²) >= 11 is 0. The molecule has 4 aliphatic carbocycles. The lowest BCUT2D eigenvalue weighted by Crippen LogP contribution is -2.62. The molecule has 0 radical (unpaired) electrons. The van der Waals surface area contributed by atoms with Crippen LogP contribution in [0.5, 0.6) is 0 Å². The fourth-order valence-electron chi connectivity index (χ4n) is 8.64. The molecule has 5 rings (SSSR count). The maximum atomic E-state index is 11.9. The number of aliphatic hydroxyl groups is 2. The van der Waals surface area contributed by atoms with Crippen LogP contribution < -0.4 is 0 Å². The molecule has 0 bridgehead atoms. The summed E-state index contributed by atoms with van der Waals surface area (Å²) in [6, 6.07) is 0. The third-order valence-electron chi connectivity index (χ3n) is 10.3. The molecule has 0 aromatic rings. The normalized spacial score (nSPS) is 52.5. The number of hydrogen-bond donors (Lipinski definition) is 2. The van der Waals surface area contributed by atoms with Gasteiger partial charge in [-0.2, -0.15) is 0 Å². The minimum absolute atomic E-state index is 0.0840. The standard InChI is InChI=1S/C25H42O5/c1-16(26)15-30-21-13-17-5-6-20-19(7-10-23(2)8-4-9-25(20,23)27)24(17,3)14-18(21)22-28-11-12-29-22/h16-22,26-27H,4-15H2,1-3H3/t16?,17-,18?,19+,20-,21-,23+,24+,25+/m1/s1. The summed E-state index contributed by atoms with van der Waals surface area (Å²) in [6.45, 7) is 8.35. The maximum Gasteiger partial charge on any atom is 0.163 e. The van der Waals surface area contributed by atoms with E-state index >= 15 is 0 Å². The van der Waals surface area contributed by atoms with Gasteiger partial charge in [-0.3, -0.25) is 0 Å². The molecule has 172 valence electrons. The van der Waals surface area contributed by atoms with Crippen molar-refractivity contribution in [1.29, 1.82) is 0 Å². The summed E-state index contributed by atoms with van der Waals surface area (Å²) in [7, 11) is 0. The second-order valence-corrected chi connectivity index (χ2v) is 11.8. The summed E-state index contributed by atoms with van der Waals surface area (Å²) < 4.78 is 18.2. The van der Waals surface area contributed by atoms with Gasteiger partial charge in [0.25, 0.3) is 0 Å². The van der Waals surface area contributed by atoms with Crippen LogP contribution in [-0.2, 0) is 14.2 Å². The highest BCUT2D eigenvalue weighted by Gasteiger charge is 2.65. The molecule has 5 heteroatoms. The molecule has 5 fully saturated rings. The Balaban J connectivity index is 1.42. The highest BCUT2D eigenvalue weighted by molar-refractivity contribution is 5.15. The summed E-state index contributed by atoms with van der Waals surface area (Å²) in [5, 5.41) is 21.7. The van der Waals surface area contributed by atoms with Gasteiger partial charge in [-0.05, 0) is 93.3 Å². The summed E-state index contributed by atoms with van der Waals surface area (Å²) in [6.07, 6.45) is 9.61. The first-order valence-corrected chi connectivity index (χ1v) is 12.5. The smallest absolute Gasteiger partial charge is 0.163 e. The van der Waals surface area contributed by atoms with Crippen LogP contribution in [0.3, 0.4) is 0 Å². The van der Waals surface area contributed by atoms with Gasteiger partial charge in [0.05, 0.1) is 37.6 Å². The predicted octanol–water partition coefficient (Wildman–Crippen LogP) is 3.90. The Labute approximate surface area is 181 Å². The van der Waals surface area contributed by atoms with Gasteiger partial charge in [0.1, 0.15) is 0 Å². The second-order valence-electron chi connectivity index (χ2n) is 11.8. The molecule has 9 atom stereocenters. The van der Waals surface area contributed by atoms with Gasteiger partial charge in [0.2, 0.25) is 0 Å². The third kappa shape index (κ3) is 3.22. The lowest BCUT2D eigenvalue weighted by atomic mass is 9.43. The van der Waals surface area contributed by atoms with E-state index in [0.717, 1.165) is 32.1 Å². The molecule has 1 heterocycles. The first-order valence-electron chi connectivity index (χ1n) is 12.5. The van der Waals surface area contributed by atoms with Crippen molar-refractivity contribution in [3.05, 3.63) is 0 Å². The highest BCUT2D eigenvalue weighted by Crippen LogP contribution is 2.68. The van der Waals surface area contributed by atoms with Gasteiger partial charge in [0, 0.05) is 5.92 Å². The predicted molar refractivity (Wildman–Crippen MR) is 114 cm³/mol. The summed E-state index contributed by atoms with van der Waals surface area (Å²) in [5.74, 6) is 1.83. The molecule has 1 saturated heterocycles. The van der Waals surface area contributed by atoms with Gasteiger partial charge < -0.3 is 24.4 Å². The average Bonchev–Trinajstić information content (AvgIpc) is 3.33. The van der Waals surface area contributed by atoms with Crippen LogP contribution in [0, 0.1) is 34.5 Å². The number of aliphatic hydroxyl groups excluding tert-OH is 1. The van der Waals surface area contributed by atoms with E-state index in [1.165, 1.54) is 25.7 Å². The maximum absolute atomic E-state index is 11.9. The van der Waals surface area contributed by atoms with Gasteiger partial charge >= 0.3 is 0 Å². The molecule has 0 aromatic heterocycles. The van der Waals surface area contributed by atoms with Crippen LogP contribution in [0.4, 0.5) is 0 Å². The number of hydrogen-bond acceptors (Lipinski definition) is 5. The van der Waals surface area contributed by atoms with Crippen LogP contribution in [0.25, 0.3) is 0 Å². The van der Waals surface area contributed by atoms with Crippen LogP contribution in [0.15, 0.2) is 0 Å². The molecule has 0 spiro atoms. The monoisotopic (exact) mass is 422 g/mol. The zero-order valence-corrected chi connectivity index (χ0v) is 19.1. The van der Waals surface area contributed by atoms with Crippen molar-refractivity contribution in [2.45, 2.75) is 103 Å². The Bertz CT molecular complexity index is 633. The molecule has 5 aliphatic rings. The van der Waals surface area contributed by atoms with Crippen molar-refractivity contribution in [1.82, 2.24) is 0 Å². The average molecular weight is 423 g/mol. The molecular weight excluding hydrogens is 380 g/mol. The fourth-order valence-corrected chi connectivity index (χ4v) is 8.64. The summed E-state index contributed by atoms with van der Waals surface area (Å²) in [5.41, 5.74) is -0.154. The van der Waals surface area contributed by atoms with E-state index < -0.39 is 11.7 Å². The van der Waals surface area contributed by atoms with Crippen molar-refractivity contribution in [3.8, 4) is 0 Å². The van der Waals surface area contributed by atoms with Crippen molar-refractivity contribution in [3.63, 3.8) is 0 Å². The zero-order valence-electron chi connectivity index (χ0n) is 19.1. The van der Waals surface area contributed by atoms with Crippen molar-refractivity contribution in [2.24, 2.45) is 34.5 Å². The van der Waals surface area contributed by atoms with Crippen molar-refractivity contribution < 1.29 is 24.4 Å². The SMILES string of the molecule is CC(O)CO[C@@H]1C[C@H]2CC[C@@H]3[C@H](CC[C@]4(C)CCC[C@]34O)[C@@]2(C)CC1C1OCCO1. The lowest BCUT2D eigenvalue weighted by molar-refractivity contribution is -0.230. The Morgan fingerprint density at radius 3 is 2.53 bits per heavy atom.